The summed E-state index contributed by atoms with van der Waals surface area (Å²) in [5, 5.41) is 9.66. The van der Waals surface area contributed by atoms with E-state index in [1.54, 1.807) is 18.2 Å². The minimum absolute atomic E-state index is 0. The normalized spacial score (nSPS) is 17.6. The number of halogens is 4. The van der Waals surface area contributed by atoms with E-state index in [0.29, 0.717) is 11.3 Å². The van der Waals surface area contributed by atoms with Crippen molar-refractivity contribution in [3.63, 3.8) is 0 Å². The molecule has 1 aromatic carbocycles. The van der Waals surface area contributed by atoms with E-state index < -0.39 is 11.9 Å². The fourth-order valence-corrected chi connectivity index (χ4v) is 2.65. The third-order valence-electron chi connectivity index (χ3n) is 3.88. The lowest BCUT2D eigenvalue weighted by molar-refractivity contribution is -0.141. The first-order valence-corrected chi connectivity index (χ1v) is 7.68. The highest BCUT2D eigenvalue weighted by atomic mass is 35.5. The minimum atomic E-state index is -4.49. The Labute approximate surface area is 149 Å². The van der Waals surface area contributed by atoms with Gasteiger partial charge in [-0.3, -0.25) is 4.79 Å². The zero-order valence-corrected chi connectivity index (χ0v) is 14.0. The van der Waals surface area contributed by atoms with Crippen LogP contribution in [0.1, 0.15) is 28.9 Å². The molecule has 25 heavy (non-hydrogen) atoms. The largest absolute Gasteiger partial charge is 0.435 e. The molecule has 1 saturated heterocycles. The van der Waals surface area contributed by atoms with E-state index >= 15 is 0 Å². The number of benzene rings is 1. The fourth-order valence-electron chi connectivity index (χ4n) is 2.65. The molecule has 2 N–H and O–H groups in total. The Morgan fingerprint density at radius 2 is 2.12 bits per heavy atom. The molecule has 1 aromatic heterocycles. The van der Waals surface area contributed by atoms with Crippen LogP contribution >= 0.6 is 12.4 Å². The molecule has 0 radical (unpaired) electrons. The zero-order chi connectivity index (χ0) is 17.2. The number of carbonyl (C=O) groups excluding carboxylic acids is 1. The molecule has 1 atom stereocenters. The monoisotopic (exact) mass is 374 g/mol. The molecular weight excluding hydrogens is 357 g/mol. The van der Waals surface area contributed by atoms with Crippen molar-refractivity contribution < 1.29 is 18.0 Å². The average Bonchev–Trinajstić information content (AvgIpc) is 3.06. The van der Waals surface area contributed by atoms with Crippen LogP contribution in [0.3, 0.4) is 0 Å². The second-order valence-electron chi connectivity index (χ2n) is 5.71. The first-order chi connectivity index (χ1) is 11.4. The summed E-state index contributed by atoms with van der Waals surface area (Å²) in [4.78, 5) is 12.3. The summed E-state index contributed by atoms with van der Waals surface area (Å²) in [6.07, 6.45) is -1.36. The van der Waals surface area contributed by atoms with Gasteiger partial charge in [-0.2, -0.15) is 18.3 Å². The molecule has 1 aliphatic rings. The summed E-state index contributed by atoms with van der Waals surface area (Å²) in [5.74, 6) is -0.242. The van der Waals surface area contributed by atoms with Gasteiger partial charge in [0.1, 0.15) is 0 Å². The van der Waals surface area contributed by atoms with Crippen molar-refractivity contribution in [2.75, 3.05) is 13.1 Å². The molecule has 1 amide bonds. The van der Waals surface area contributed by atoms with Gasteiger partial charge in [0.15, 0.2) is 5.69 Å². The molecule has 0 aliphatic carbocycles. The summed E-state index contributed by atoms with van der Waals surface area (Å²) in [6, 6.07) is 7.35. The van der Waals surface area contributed by atoms with Gasteiger partial charge in [-0.15, -0.1) is 12.4 Å². The number of hydrogen-bond acceptors (Lipinski definition) is 3. The van der Waals surface area contributed by atoms with Gasteiger partial charge >= 0.3 is 6.18 Å². The molecule has 1 unspecified atom stereocenters. The Balaban J connectivity index is 0.00000225. The Bertz CT molecular complexity index is 726. The lowest BCUT2D eigenvalue weighted by Crippen LogP contribution is -2.45. The summed E-state index contributed by atoms with van der Waals surface area (Å²) in [7, 11) is 0. The zero-order valence-electron chi connectivity index (χ0n) is 13.2. The molecule has 1 aliphatic heterocycles. The van der Waals surface area contributed by atoms with E-state index in [9.17, 15) is 18.0 Å². The van der Waals surface area contributed by atoms with E-state index in [1.165, 1.54) is 12.3 Å². The highest BCUT2D eigenvalue weighted by molar-refractivity contribution is 5.94. The van der Waals surface area contributed by atoms with Gasteiger partial charge in [0.2, 0.25) is 0 Å². The number of hydrogen-bond donors (Lipinski definition) is 2. The Morgan fingerprint density at radius 3 is 2.76 bits per heavy atom. The summed E-state index contributed by atoms with van der Waals surface area (Å²) < 4.78 is 39.0. The third-order valence-corrected chi connectivity index (χ3v) is 3.88. The second-order valence-corrected chi connectivity index (χ2v) is 5.71. The van der Waals surface area contributed by atoms with Crippen LogP contribution in [-0.2, 0) is 6.18 Å². The Hall–Kier alpha value is -2.06. The van der Waals surface area contributed by atoms with Crippen LogP contribution in [-0.4, -0.2) is 34.8 Å². The maximum absolute atomic E-state index is 12.6. The van der Waals surface area contributed by atoms with E-state index in [2.05, 4.69) is 15.7 Å². The standard InChI is InChI=1S/C16H17F3N4O.ClH/c17-16(18,19)14-6-8-23(22-14)13-5-1-3-11(9-13)15(24)21-12-4-2-7-20-10-12;/h1,3,5-6,8-9,12,20H,2,4,7,10H2,(H,21,24);1H. The third kappa shape index (κ3) is 4.73. The van der Waals surface area contributed by atoms with Crippen LogP contribution in [0.5, 0.6) is 0 Å². The first kappa shape index (κ1) is 19.3. The lowest BCUT2D eigenvalue weighted by atomic mass is 10.1. The average molecular weight is 375 g/mol. The molecule has 3 rings (SSSR count). The number of nitrogens with one attached hydrogen (secondary N) is 2. The van der Waals surface area contributed by atoms with Crippen molar-refractivity contribution in [1.29, 1.82) is 0 Å². The van der Waals surface area contributed by atoms with E-state index in [-0.39, 0.29) is 24.4 Å². The Kier molecular flexibility index (Phi) is 6.07. The molecule has 0 bridgehead atoms. The number of aromatic nitrogens is 2. The number of rotatable bonds is 3. The van der Waals surface area contributed by atoms with Gasteiger partial charge in [0, 0.05) is 24.3 Å². The minimum Gasteiger partial charge on any atom is -0.348 e. The first-order valence-electron chi connectivity index (χ1n) is 7.68. The number of carbonyl (C=O) groups is 1. The van der Waals surface area contributed by atoms with E-state index in [0.717, 1.165) is 36.7 Å². The molecule has 1 fully saturated rings. The van der Waals surface area contributed by atoms with Crippen LogP contribution in [0.15, 0.2) is 36.5 Å². The highest BCUT2D eigenvalue weighted by Crippen LogP contribution is 2.27. The number of piperidine rings is 1. The van der Waals surface area contributed by atoms with Crippen molar-refractivity contribution in [3.05, 3.63) is 47.8 Å². The van der Waals surface area contributed by atoms with Crippen LogP contribution in [0.2, 0.25) is 0 Å². The van der Waals surface area contributed by atoms with Crippen LogP contribution in [0.25, 0.3) is 5.69 Å². The molecule has 136 valence electrons. The van der Waals surface area contributed by atoms with Gasteiger partial charge in [-0.1, -0.05) is 6.07 Å². The molecule has 5 nitrogen and oxygen atoms in total. The second kappa shape index (κ2) is 7.88. The van der Waals surface area contributed by atoms with Crippen molar-refractivity contribution in [1.82, 2.24) is 20.4 Å². The topological polar surface area (TPSA) is 59.0 Å². The van der Waals surface area contributed by atoms with Gasteiger partial charge in [-0.25, -0.2) is 4.68 Å². The predicted octanol–water partition coefficient (Wildman–Crippen LogP) is 2.79. The van der Waals surface area contributed by atoms with Gasteiger partial charge in [0.25, 0.3) is 5.91 Å². The fraction of sp³-hybridized carbons (Fsp3) is 0.375. The molecule has 9 heteroatoms. The smallest absolute Gasteiger partial charge is 0.348 e. The maximum Gasteiger partial charge on any atom is 0.435 e. The van der Waals surface area contributed by atoms with Crippen molar-refractivity contribution >= 4 is 18.3 Å². The summed E-state index contributed by atoms with van der Waals surface area (Å²) in [5.41, 5.74) is -0.173. The van der Waals surface area contributed by atoms with Gasteiger partial charge in [-0.05, 0) is 43.7 Å². The van der Waals surface area contributed by atoms with Crippen molar-refractivity contribution in [2.45, 2.75) is 25.1 Å². The predicted molar refractivity (Wildman–Crippen MR) is 89.2 cm³/mol. The molecule has 0 saturated carbocycles. The lowest BCUT2D eigenvalue weighted by Gasteiger charge is -2.23. The van der Waals surface area contributed by atoms with Gasteiger partial charge < -0.3 is 10.6 Å². The Morgan fingerprint density at radius 1 is 1.32 bits per heavy atom. The molecule has 2 aromatic rings. The van der Waals surface area contributed by atoms with Crippen LogP contribution in [0, 0.1) is 0 Å². The summed E-state index contributed by atoms with van der Waals surface area (Å²) >= 11 is 0. The SMILES string of the molecule is Cl.O=C(NC1CCCNC1)c1cccc(-n2ccc(C(F)(F)F)n2)c1. The molecule has 0 spiro atoms. The number of alkyl halides is 3. The van der Waals surface area contributed by atoms with E-state index in [4.69, 9.17) is 0 Å². The number of nitrogens with zero attached hydrogens (tertiary/aromatic N) is 2. The van der Waals surface area contributed by atoms with E-state index in [1.807, 2.05) is 0 Å². The van der Waals surface area contributed by atoms with Crippen molar-refractivity contribution in [3.8, 4) is 5.69 Å². The highest BCUT2D eigenvalue weighted by Gasteiger charge is 2.33. The molecular formula is C16H18ClF3N4O. The quantitative estimate of drug-likeness (QED) is 0.868. The van der Waals surface area contributed by atoms with Crippen LogP contribution in [0.4, 0.5) is 13.2 Å². The van der Waals surface area contributed by atoms with Crippen LogP contribution < -0.4 is 10.6 Å². The summed E-state index contributed by atoms with van der Waals surface area (Å²) in [6.45, 7) is 1.67. The number of amides is 1. The van der Waals surface area contributed by atoms with Crippen molar-refractivity contribution in [2.24, 2.45) is 0 Å². The van der Waals surface area contributed by atoms with Gasteiger partial charge in [0.05, 0.1) is 5.69 Å². The molecule has 2 heterocycles. The maximum atomic E-state index is 12.6.